The molecule has 0 saturated heterocycles. The van der Waals surface area contributed by atoms with Gasteiger partial charge in [-0.25, -0.2) is 0 Å². The molecular weight excluding hydrogens is 216 g/mol. The molecule has 4 nitrogen and oxygen atoms in total. The lowest BCUT2D eigenvalue weighted by Crippen LogP contribution is -2.49. The first-order chi connectivity index (χ1) is 7.94. The molecule has 0 saturated carbocycles. The molecule has 4 N–H and O–H groups in total. The molecule has 0 aliphatic rings. The van der Waals surface area contributed by atoms with Crippen LogP contribution >= 0.6 is 0 Å². The van der Waals surface area contributed by atoms with Crippen LogP contribution in [0.25, 0.3) is 10.9 Å². The average Bonchev–Trinajstić information content (AvgIpc) is 2.71. The van der Waals surface area contributed by atoms with Crippen LogP contribution in [-0.4, -0.2) is 21.6 Å². The number of nitrogens with one attached hydrogen (secondary N) is 1. The highest BCUT2D eigenvalue weighted by molar-refractivity contribution is 5.86. The minimum atomic E-state index is -1.27. The molecule has 2 atom stereocenters. The Labute approximate surface area is 99.4 Å². The number of aromatic nitrogens is 1. The largest absolute Gasteiger partial charge is 0.480 e. The maximum Gasteiger partial charge on any atom is 0.324 e. The summed E-state index contributed by atoms with van der Waals surface area (Å²) in [4.78, 5) is 14.3. The van der Waals surface area contributed by atoms with Crippen LogP contribution in [0, 0.1) is 0 Å². The molecule has 0 bridgehead atoms. The Morgan fingerprint density at radius 3 is 2.76 bits per heavy atom. The minimum absolute atomic E-state index is 0.267. The van der Waals surface area contributed by atoms with Gasteiger partial charge in [0, 0.05) is 23.0 Å². The molecule has 1 heterocycles. The Bertz CT molecular complexity index is 557. The van der Waals surface area contributed by atoms with E-state index in [1.165, 1.54) is 0 Å². The highest BCUT2D eigenvalue weighted by atomic mass is 16.4. The number of carboxylic acid groups (broad SMARTS) is 1. The summed E-state index contributed by atoms with van der Waals surface area (Å²) >= 11 is 0. The Morgan fingerprint density at radius 1 is 1.47 bits per heavy atom. The van der Waals surface area contributed by atoms with E-state index < -0.39 is 11.5 Å². The number of hydrogen-bond donors (Lipinski definition) is 3. The number of hydrogen-bond acceptors (Lipinski definition) is 2. The topological polar surface area (TPSA) is 79.1 Å². The molecular formula is C13H16N2O2. The van der Waals surface area contributed by atoms with Crippen LogP contribution in [0.4, 0.5) is 0 Å². The first-order valence-corrected chi connectivity index (χ1v) is 5.53. The predicted octanol–water partition coefficient (Wildman–Crippen LogP) is 2.07. The van der Waals surface area contributed by atoms with Gasteiger partial charge in [-0.3, -0.25) is 4.79 Å². The summed E-state index contributed by atoms with van der Waals surface area (Å²) in [7, 11) is 0. The Morgan fingerprint density at radius 2 is 2.12 bits per heavy atom. The van der Waals surface area contributed by atoms with Gasteiger partial charge in [-0.05, 0) is 18.6 Å². The number of rotatable bonds is 3. The fraction of sp³-hybridized carbons (Fsp3) is 0.308. The number of aliphatic carboxylic acids is 1. The summed E-state index contributed by atoms with van der Waals surface area (Å²) in [6.07, 6.45) is 1.84. The summed E-state index contributed by atoms with van der Waals surface area (Å²) in [6.45, 7) is 3.38. The van der Waals surface area contributed by atoms with Crippen molar-refractivity contribution in [3.8, 4) is 0 Å². The fourth-order valence-electron chi connectivity index (χ4n) is 1.96. The number of carbonyl (C=O) groups is 1. The normalized spacial score (nSPS) is 16.6. The highest BCUT2D eigenvalue weighted by Crippen LogP contribution is 2.31. The van der Waals surface area contributed by atoms with Crippen molar-refractivity contribution in [3.63, 3.8) is 0 Å². The zero-order valence-electron chi connectivity index (χ0n) is 9.90. The Balaban J connectivity index is 2.50. The van der Waals surface area contributed by atoms with Crippen molar-refractivity contribution in [1.82, 2.24) is 4.98 Å². The Hall–Kier alpha value is -1.81. The third-order valence-electron chi connectivity index (χ3n) is 3.45. The van der Waals surface area contributed by atoms with E-state index in [4.69, 9.17) is 10.8 Å². The standard InChI is InChI=1S/C13H16N2O2/c1-8(13(2,14)12(16)17)10-7-15-11-6-4-3-5-9(10)11/h3-8,15H,14H2,1-2H3,(H,16,17)/t8-,13-/m0/s1. The lowest BCUT2D eigenvalue weighted by molar-refractivity contribution is -0.143. The van der Waals surface area contributed by atoms with Crippen LogP contribution in [0.1, 0.15) is 25.3 Å². The predicted molar refractivity (Wildman–Crippen MR) is 66.9 cm³/mol. The zero-order valence-corrected chi connectivity index (χ0v) is 9.90. The second-order valence-corrected chi connectivity index (χ2v) is 4.60. The van der Waals surface area contributed by atoms with Gasteiger partial charge >= 0.3 is 5.97 Å². The SMILES string of the molecule is C[C@@H](c1c[nH]c2ccccc12)[C@](C)(N)C(=O)O. The van der Waals surface area contributed by atoms with Crippen LogP contribution in [0.3, 0.4) is 0 Å². The van der Waals surface area contributed by atoms with Crippen LogP contribution in [0.5, 0.6) is 0 Å². The van der Waals surface area contributed by atoms with Gasteiger partial charge in [0.25, 0.3) is 0 Å². The second kappa shape index (κ2) is 3.89. The molecule has 17 heavy (non-hydrogen) atoms. The van der Waals surface area contributed by atoms with E-state index in [2.05, 4.69) is 4.98 Å². The summed E-state index contributed by atoms with van der Waals surface area (Å²) in [5.41, 5.74) is 6.53. The van der Waals surface area contributed by atoms with Gasteiger partial charge < -0.3 is 15.8 Å². The summed E-state index contributed by atoms with van der Waals surface area (Å²) in [5, 5.41) is 10.2. The highest BCUT2D eigenvalue weighted by Gasteiger charge is 2.36. The van der Waals surface area contributed by atoms with Gasteiger partial charge in [-0.15, -0.1) is 0 Å². The van der Waals surface area contributed by atoms with Crippen molar-refractivity contribution in [3.05, 3.63) is 36.0 Å². The summed E-state index contributed by atoms with van der Waals surface area (Å²) < 4.78 is 0. The van der Waals surface area contributed by atoms with E-state index in [1.54, 1.807) is 6.92 Å². The zero-order chi connectivity index (χ0) is 12.6. The number of H-pyrrole nitrogens is 1. The first kappa shape index (κ1) is 11.7. The molecule has 0 fully saturated rings. The molecule has 4 heteroatoms. The number of nitrogens with two attached hydrogens (primary N) is 1. The monoisotopic (exact) mass is 232 g/mol. The number of benzene rings is 1. The second-order valence-electron chi connectivity index (χ2n) is 4.60. The van der Waals surface area contributed by atoms with E-state index in [1.807, 2.05) is 37.4 Å². The van der Waals surface area contributed by atoms with Gasteiger partial charge in [0.15, 0.2) is 0 Å². The quantitative estimate of drug-likeness (QED) is 0.758. The van der Waals surface area contributed by atoms with Crippen molar-refractivity contribution < 1.29 is 9.90 Å². The van der Waals surface area contributed by atoms with Crippen LogP contribution in [0.2, 0.25) is 0 Å². The van der Waals surface area contributed by atoms with Crippen LogP contribution in [0.15, 0.2) is 30.5 Å². The van der Waals surface area contributed by atoms with E-state index in [0.717, 1.165) is 16.5 Å². The molecule has 2 rings (SSSR count). The molecule has 0 aliphatic heterocycles. The molecule has 0 unspecified atom stereocenters. The maximum atomic E-state index is 11.2. The van der Waals surface area contributed by atoms with Crippen molar-refractivity contribution in [1.29, 1.82) is 0 Å². The smallest absolute Gasteiger partial charge is 0.324 e. The molecule has 2 aromatic rings. The fourth-order valence-corrected chi connectivity index (χ4v) is 1.96. The molecule has 1 aromatic heterocycles. The maximum absolute atomic E-state index is 11.2. The number of para-hydroxylation sites is 1. The molecule has 90 valence electrons. The lowest BCUT2D eigenvalue weighted by atomic mass is 9.82. The minimum Gasteiger partial charge on any atom is -0.480 e. The van der Waals surface area contributed by atoms with Crippen molar-refractivity contribution in [2.45, 2.75) is 25.3 Å². The van der Waals surface area contributed by atoms with Gasteiger partial charge in [0.1, 0.15) is 5.54 Å². The third kappa shape index (κ3) is 1.80. The summed E-state index contributed by atoms with van der Waals surface area (Å²) in [5.74, 6) is -1.26. The average molecular weight is 232 g/mol. The van der Waals surface area contributed by atoms with Crippen molar-refractivity contribution in [2.24, 2.45) is 5.73 Å². The Kier molecular flexibility index (Phi) is 2.67. The number of aromatic amines is 1. The summed E-state index contributed by atoms with van der Waals surface area (Å²) in [6, 6.07) is 7.79. The van der Waals surface area contributed by atoms with Crippen molar-refractivity contribution >= 4 is 16.9 Å². The van der Waals surface area contributed by atoms with Crippen molar-refractivity contribution in [2.75, 3.05) is 0 Å². The van der Waals surface area contributed by atoms with Gasteiger partial charge in [-0.1, -0.05) is 25.1 Å². The van der Waals surface area contributed by atoms with Gasteiger partial charge in [0.05, 0.1) is 0 Å². The number of carboxylic acids is 1. The van der Waals surface area contributed by atoms with Crippen LogP contribution < -0.4 is 5.73 Å². The number of fused-ring (bicyclic) bond motifs is 1. The van der Waals surface area contributed by atoms with E-state index in [0.29, 0.717) is 0 Å². The third-order valence-corrected chi connectivity index (χ3v) is 3.45. The van der Waals surface area contributed by atoms with E-state index in [9.17, 15) is 4.79 Å². The molecule has 0 amide bonds. The van der Waals surface area contributed by atoms with E-state index >= 15 is 0 Å². The van der Waals surface area contributed by atoms with E-state index in [-0.39, 0.29) is 5.92 Å². The first-order valence-electron chi connectivity index (χ1n) is 5.53. The molecule has 0 radical (unpaired) electrons. The van der Waals surface area contributed by atoms with Crippen LogP contribution in [-0.2, 0) is 4.79 Å². The molecule has 0 aliphatic carbocycles. The molecule has 1 aromatic carbocycles. The van der Waals surface area contributed by atoms with Gasteiger partial charge in [-0.2, -0.15) is 0 Å². The molecule has 0 spiro atoms. The lowest BCUT2D eigenvalue weighted by Gasteiger charge is -2.26. The van der Waals surface area contributed by atoms with Gasteiger partial charge in [0.2, 0.25) is 0 Å².